The quantitative estimate of drug-likeness (QED) is 0.250. The standard InChI is InChI=1S/C24H31FN5O8P/c1-15(2)35-14-23(3,13-31)29-39(34,38-17-7-5-16(25)6-8-17)36-11-18-20(32)24(4,12-26)21(37-18)30-10-9-19(27)28-22(30)33/h5-10,13,15,18,20-21,32H,11,14H2,1-4H3,(H,29,34)(H2,27,28,33)/t18-,20-,21-,23-,24-,39?/m1/s1. The van der Waals surface area contributed by atoms with E-state index < -0.39 is 55.3 Å². The van der Waals surface area contributed by atoms with Crippen molar-refractivity contribution in [3.8, 4) is 11.8 Å². The lowest BCUT2D eigenvalue weighted by atomic mass is 9.84. The van der Waals surface area contributed by atoms with E-state index in [0.717, 1.165) is 16.7 Å². The second-order valence-electron chi connectivity index (χ2n) is 9.75. The zero-order valence-electron chi connectivity index (χ0n) is 21.8. The maximum atomic E-state index is 13.9. The summed E-state index contributed by atoms with van der Waals surface area (Å²) in [6.07, 6.45) is -2.59. The van der Waals surface area contributed by atoms with Gasteiger partial charge < -0.3 is 29.6 Å². The fourth-order valence-electron chi connectivity index (χ4n) is 3.76. The fourth-order valence-corrected chi connectivity index (χ4v) is 5.40. The molecule has 0 spiro atoms. The summed E-state index contributed by atoms with van der Waals surface area (Å²) >= 11 is 0. The van der Waals surface area contributed by atoms with Crippen molar-refractivity contribution in [3.63, 3.8) is 0 Å². The van der Waals surface area contributed by atoms with Gasteiger partial charge in [-0.05, 0) is 58.0 Å². The first kappa shape index (κ1) is 30.4. The molecule has 2 aromatic rings. The number of aliphatic hydroxyl groups excluding tert-OH is 1. The Bertz CT molecular complexity index is 1320. The molecule has 4 N–H and O–H groups in total. The molecule has 3 rings (SSSR count). The number of anilines is 1. The molecule has 0 amide bonds. The third-order valence-corrected chi connectivity index (χ3v) is 7.67. The number of aliphatic hydroxyl groups is 1. The number of halogens is 1. The van der Waals surface area contributed by atoms with E-state index in [1.807, 2.05) is 6.07 Å². The van der Waals surface area contributed by atoms with Gasteiger partial charge in [0, 0.05) is 6.20 Å². The van der Waals surface area contributed by atoms with Gasteiger partial charge in [0.15, 0.2) is 6.23 Å². The first-order chi connectivity index (χ1) is 18.2. The van der Waals surface area contributed by atoms with E-state index in [-0.39, 0.29) is 24.3 Å². The second-order valence-corrected chi connectivity index (χ2v) is 11.4. The Morgan fingerprint density at radius 2 is 2.08 bits per heavy atom. The molecular formula is C24H31FN5O8P. The zero-order chi connectivity index (χ0) is 29.0. The molecule has 1 aliphatic rings. The lowest BCUT2D eigenvalue weighted by Crippen LogP contribution is -2.48. The van der Waals surface area contributed by atoms with Crippen LogP contribution in [-0.4, -0.2) is 58.0 Å². The molecule has 2 heterocycles. The van der Waals surface area contributed by atoms with Crippen LogP contribution in [-0.2, 0) is 23.4 Å². The van der Waals surface area contributed by atoms with Gasteiger partial charge in [0.2, 0.25) is 0 Å². The SMILES string of the molecule is CC(C)OC[C@@](C)(C=O)NP(=O)(OC[C@H]1O[C@@H](n2ccc(N)nc2=O)[C@](C)(C#N)[C@@H]1O)Oc1ccc(F)cc1. The van der Waals surface area contributed by atoms with Crippen LogP contribution in [0.4, 0.5) is 10.2 Å². The maximum Gasteiger partial charge on any atom is 0.459 e. The van der Waals surface area contributed by atoms with Gasteiger partial charge in [-0.15, -0.1) is 0 Å². The number of ether oxygens (including phenoxy) is 2. The predicted molar refractivity (Wildman–Crippen MR) is 136 cm³/mol. The molecular weight excluding hydrogens is 536 g/mol. The Labute approximate surface area is 224 Å². The normalized spacial score (nSPS) is 25.9. The number of carbonyl (C=O) groups is 1. The molecule has 39 heavy (non-hydrogen) atoms. The van der Waals surface area contributed by atoms with Gasteiger partial charge in [-0.25, -0.2) is 13.8 Å². The molecule has 1 aliphatic heterocycles. The van der Waals surface area contributed by atoms with Gasteiger partial charge in [0.25, 0.3) is 0 Å². The van der Waals surface area contributed by atoms with E-state index in [1.165, 1.54) is 38.2 Å². The summed E-state index contributed by atoms with van der Waals surface area (Å²) in [7, 11) is -4.45. The third kappa shape index (κ3) is 7.07. The molecule has 1 aromatic heterocycles. The van der Waals surface area contributed by atoms with Crippen molar-refractivity contribution in [2.75, 3.05) is 18.9 Å². The summed E-state index contributed by atoms with van der Waals surface area (Å²) in [5, 5.41) is 23.4. The van der Waals surface area contributed by atoms with Crippen LogP contribution < -0.4 is 21.0 Å². The molecule has 0 radical (unpaired) electrons. The van der Waals surface area contributed by atoms with Crippen LogP contribution in [0.25, 0.3) is 0 Å². The average molecular weight is 568 g/mol. The summed E-state index contributed by atoms with van der Waals surface area (Å²) in [5.74, 6) is -0.652. The zero-order valence-corrected chi connectivity index (χ0v) is 22.7. The topological polar surface area (TPSA) is 188 Å². The van der Waals surface area contributed by atoms with Crippen molar-refractivity contribution < 1.29 is 37.4 Å². The van der Waals surface area contributed by atoms with Crippen LogP contribution >= 0.6 is 7.75 Å². The average Bonchev–Trinajstić information content (AvgIpc) is 3.13. The van der Waals surface area contributed by atoms with E-state index >= 15 is 0 Å². The van der Waals surface area contributed by atoms with Crippen molar-refractivity contribution in [3.05, 3.63) is 52.8 Å². The minimum atomic E-state index is -4.45. The van der Waals surface area contributed by atoms with Gasteiger partial charge in [-0.1, -0.05) is 0 Å². The Kier molecular flexibility index (Phi) is 9.27. The fraction of sp³-hybridized carbons (Fsp3) is 0.500. The van der Waals surface area contributed by atoms with E-state index in [0.29, 0.717) is 6.29 Å². The lowest BCUT2D eigenvalue weighted by molar-refractivity contribution is -0.115. The van der Waals surface area contributed by atoms with Gasteiger partial charge in [0.1, 0.15) is 46.8 Å². The van der Waals surface area contributed by atoms with E-state index in [4.69, 9.17) is 24.3 Å². The number of nitrogens with zero attached hydrogens (tertiary/aromatic N) is 3. The molecule has 1 saturated heterocycles. The van der Waals surface area contributed by atoms with Crippen LogP contribution in [0.2, 0.25) is 0 Å². The molecule has 1 unspecified atom stereocenters. The number of hydrogen-bond acceptors (Lipinski definition) is 11. The van der Waals surface area contributed by atoms with Crippen LogP contribution in [0.5, 0.6) is 5.75 Å². The van der Waals surface area contributed by atoms with Crippen molar-refractivity contribution in [2.24, 2.45) is 5.41 Å². The maximum absolute atomic E-state index is 13.9. The Morgan fingerprint density at radius 3 is 2.64 bits per heavy atom. The molecule has 13 nitrogen and oxygen atoms in total. The van der Waals surface area contributed by atoms with Gasteiger partial charge in [-0.2, -0.15) is 15.3 Å². The van der Waals surface area contributed by atoms with Crippen LogP contribution in [0.3, 0.4) is 0 Å². The van der Waals surface area contributed by atoms with Crippen molar-refractivity contribution in [2.45, 2.75) is 57.8 Å². The number of nitrogens with two attached hydrogens (primary N) is 1. The highest BCUT2D eigenvalue weighted by molar-refractivity contribution is 7.52. The number of nitriles is 1. The number of nitrogens with one attached hydrogen (secondary N) is 1. The van der Waals surface area contributed by atoms with Crippen molar-refractivity contribution in [1.29, 1.82) is 5.26 Å². The molecule has 1 fully saturated rings. The molecule has 15 heteroatoms. The molecule has 212 valence electrons. The second kappa shape index (κ2) is 11.9. The molecule has 6 atom stereocenters. The highest BCUT2D eigenvalue weighted by Crippen LogP contribution is 2.49. The first-order valence-electron chi connectivity index (χ1n) is 11.9. The number of carbonyl (C=O) groups excluding carboxylic acids is 1. The third-order valence-electron chi connectivity index (χ3n) is 5.95. The Balaban J connectivity index is 1.88. The predicted octanol–water partition coefficient (Wildman–Crippen LogP) is 1.93. The number of benzene rings is 1. The van der Waals surface area contributed by atoms with Gasteiger partial charge in [-0.3, -0.25) is 9.09 Å². The molecule has 1 aromatic carbocycles. The summed E-state index contributed by atoms with van der Waals surface area (Å²) < 4.78 is 50.7. The van der Waals surface area contributed by atoms with Crippen LogP contribution in [0.15, 0.2) is 41.3 Å². The van der Waals surface area contributed by atoms with Gasteiger partial charge in [0.05, 0.1) is 25.4 Å². The minimum Gasteiger partial charge on any atom is -0.413 e. The van der Waals surface area contributed by atoms with E-state index in [1.54, 1.807) is 13.8 Å². The number of hydrogen-bond donors (Lipinski definition) is 3. The smallest absolute Gasteiger partial charge is 0.413 e. The van der Waals surface area contributed by atoms with E-state index in [9.17, 15) is 28.9 Å². The summed E-state index contributed by atoms with van der Waals surface area (Å²) in [5.41, 5.74) is 1.55. The number of aromatic nitrogens is 2. The molecule has 0 bridgehead atoms. The lowest BCUT2D eigenvalue weighted by Gasteiger charge is -2.30. The first-order valence-corrected chi connectivity index (χ1v) is 13.4. The highest BCUT2D eigenvalue weighted by atomic mass is 31.2. The van der Waals surface area contributed by atoms with Crippen LogP contribution in [0, 0.1) is 22.6 Å². The molecule has 0 saturated carbocycles. The molecule has 0 aliphatic carbocycles. The summed E-state index contributed by atoms with van der Waals surface area (Å²) in [6.45, 7) is 5.50. The van der Waals surface area contributed by atoms with Crippen LogP contribution in [0.1, 0.15) is 33.9 Å². The Hall–Kier alpha value is -3.18. The Morgan fingerprint density at radius 1 is 1.41 bits per heavy atom. The number of aldehydes is 1. The highest BCUT2D eigenvalue weighted by Gasteiger charge is 2.55. The summed E-state index contributed by atoms with van der Waals surface area (Å²) in [4.78, 5) is 28.0. The van der Waals surface area contributed by atoms with Crippen molar-refractivity contribution in [1.82, 2.24) is 14.6 Å². The van der Waals surface area contributed by atoms with E-state index in [2.05, 4.69) is 10.1 Å². The minimum absolute atomic E-state index is 0.0435. The van der Waals surface area contributed by atoms with Crippen molar-refractivity contribution >= 4 is 19.9 Å². The largest absolute Gasteiger partial charge is 0.459 e. The number of nitrogen functional groups attached to an aromatic ring is 1. The number of rotatable bonds is 12. The monoisotopic (exact) mass is 567 g/mol. The summed E-state index contributed by atoms with van der Waals surface area (Å²) in [6, 6.07) is 7.86. The van der Waals surface area contributed by atoms with Gasteiger partial charge >= 0.3 is 13.4 Å².